The number of ether oxygens (including phenoxy) is 2. The Labute approximate surface area is 264 Å². The predicted molar refractivity (Wildman–Crippen MR) is 173 cm³/mol. The zero-order valence-corrected chi connectivity index (χ0v) is 25.9. The van der Waals surface area contributed by atoms with Gasteiger partial charge in [-0.2, -0.15) is 0 Å². The van der Waals surface area contributed by atoms with Gasteiger partial charge in [0, 0.05) is 54.8 Å². The van der Waals surface area contributed by atoms with Crippen LogP contribution >= 0.6 is 0 Å². The number of nitrogens with one attached hydrogen (secondary N) is 1. The van der Waals surface area contributed by atoms with Gasteiger partial charge < -0.3 is 24.8 Å². The number of likely N-dealkylation sites (N-methyl/N-ethyl adjacent to an activating group) is 1. The van der Waals surface area contributed by atoms with Crippen LogP contribution in [0.3, 0.4) is 0 Å². The van der Waals surface area contributed by atoms with E-state index in [-0.39, 0.29) is 42.9 Å². The lowest BCUT2D eigenvalue weighted by molar-refractivity contribution is -0.134. The fourth-order valence-corrected chi connectivity index (χ4v) is 5.40. The van der Waals surface area contributed by atoms with Crippen molar-refractivity contribution < 1.29 is 24.2 Å². The molecule has 1 aromatic heterocycles. The summed E-state index contributed by atoms with van der Waals surface area (Å²) < 4.78 is 12.6. The molecular formula is C36H40N4O5. The summed E-state index contributed by atoms with van der Waals surface area (Å²) in [5, 5.41) is 12.9. The van der Waals surface area contributed by atoms with Gasteiger partial charge in [0.2, 0.25) is 5.91 Å². The molecule has 1 aliphatic heterocycles. The number of amides is 2. The Morgan fingerprint density at radius 2 is 1.78 bits per heavy atom. The SMILES string of the molecule is C[C@H](CO)N1C[C@H](C)[C@H](CN(C)Cc2ccc(Oc3ccccc3)cc2)Oc2ccc(NC(=O)c3ccncc3)cc2CC1=O. The number of pyridine rings is 1. The third-order valence-corrected chi connectivity index (χ3v) is 7.96. The number of aliphatic hydroxyl groups excluding tert-OH is 1. The Morgan fingerprint density at radius 1 is 1.07 bits per heavy atom. The maximum atomic E-state index is 13.5. The van der Waals surface area contributed by atoms with Crippen LogP contribution in [0.2, 0.25) is 0 Å². The molecule has 2 N–H and O–H groups in total. The highest BCUT2D eigenvalue weighted by Crippen LogP contribution is 2.30. The molecular weight excluding hydrogens is 568 g/mol. The summed E-state index contributed by atoms with van der Waals surface area (Å²) in [6, 6.07) is 26.1. The number of para-hydroxylation sites is 1. The highest BCUT2D eigenvalue weighted by Gasteiger charge is 2.31. The molecule has 4 aromatic rings. The van der Waals surface area contributed by atoms with Gasteiger partial charge in [0.15, 0.2) is 0 Å². The van der Waals surface area contributed by atoms with E-state index in [4.69, 9.17) is 9.47 Å². The first kappa shape index (κ1) is 31.7. The molecule has 0 bridgehead atoms. The molecule has 1 aliphatic rings. The van der Waals surface area contributed by atoms with Crippen LogP contribution in [-0.4, -0.2) is 70.6 Å². The van der Waals surface area contributed by atoms with Gasteiger partial charge in [-0.3, -0.25) is 19.5 Å². The summed E-state index contributed by atoms with van der Waals surface area (Å²) in [5.41, 5.74) is 2.86. The minimum Gasteiger partial charge on any atom is -0.488 e. The average Bonchev–Trinajstić information content (AvgIpc) is 3.09. The number of benzene rings is 3. The predicted octanol–water partition coefficient (Wildman–Crippen LogP) is 5.41. The molecule has 0 fully saturated rings. The summed E-state index contributed by atoms with van der Waals surface area (Å²) >= 11 is 0. The highest BCUT2D eigenvalue weighted by molar-refractivity contribution is 6.04. The van der Waals surface area contributed by atoms with Crippen molar-refractivity contribution in [2.75, 3.05) is 32.1 Å². The Bertz CT molecular complexity index is 1570. The molecule has 2 amide bonds. The average molecular weight is 609 g/mol. The minimum absolute atomic E-state index is 0.0240. The van der Waals surface area contributed by atoms with Crippen LogP contribution in [0.1, 0.15) is 35.3 Å². The number of aliphatic hydroxyl groups is 1. The number of fused-ring (bicyclic) bond motifs is 1. The minimum atomic E-state index is -0.342. The van der Waals surface area contributed by atoms with Gasteiger partial charge in [-0.25, -0.2) is 0 Å². The lowest BCUT2D eigenvalue weighted by Crippen LogP contribution is -2.47. The molecule has 9 nitrogen and oxygen atoms in total. The molecule has 3 atom stereocenters. The number of hydrogen-bond acceptors (Lipinski definition) is 7. The molecule has 0 radical (unpaired) electrons. The first-order valence-corrected chi connectivity index (χ1v) is 15.2. The monoisotopic (exact) mass is 608 g/mol. The lowest BCUT2D eigenvalue weighted by atomic mass is 10.0. The summed E-state index contributed by atoms with van der Waals surface area (Å²) in [6.45, 7) is 5.54. The Kier molecular flexibility index (Phi) is 10.4. The van der Waals surface area contributed by atoms with Gasteiger partial charge >= 0.3 is 0 Å². The number of carbonyl (C=O) groups excluding carboxylic acids is 2. The zero-order chi connectivity index (χ0) is 31.8. The Hall–Kier alpha value is -4.73. The number of hydrogen-bond donors (Lipinski definition) is 2. The van der Waals surface area contributed by atoms with E-state index in [1.54, 1.807) is 41.6 Å². The van der Waals surface area contributed by atoms with Crippen molar-refractivity contribution in [2.45, 2.75) is 39.0 Å². The van der Waals surface area contributed by atoms with Crippen molar-refractivity contribution in [3.8, 4) is 17.2 Å². The molecule has 0 unspecified atom stereocenters. The number of anilines is 1. The number of rotatable bonds is 10. The largest absolute Gasteiger partial charge is 0.488 e. The van der Waals surface area contributed by atoms with Crippen LogP contribution in [0, 0.1) is 5.92 Å². The number of aromatic nitrogens is 1. The first-order chi connectivity index (χ1) is 21.8. The standard InChI is InChI=1S/C36H40N4O5/c1-25-21-40(26(2)24-41)35(42)20-29-19-30(38-36(43)28-15-17-37-18-16-28)11-14-33(29)45-34(25)23-39(3)22-27-9-12-32(13-10-27)44-31-7-5-4-6-8-31/h4-19,25-26,34,41H,20-24H2,1-3H3,(H,38,43)/t25-,26+,34-/m0/s1. The second-order valence-corrected chi connectivity index (χ2v) is 11.7. The molecule has 0 saturated carbocycles. The molecule has 45 heavy (non-hydrogen) atoms. The molecule has 0 saturated heterocycles. The van der Waals surface area contributed by atoms with Crippen molar-refractivity contribution in [3.05, 3.63) is 114 Å². The normalized spacial score (nSPS) is 17.4. The smallest absolute Gasteiger partial charge is 0.255 e. The van der Waals surface area contributed by atoms with E-state index >= 15 is 0 Å². The fraction of sp³-hybridized carbons (Fsp3) is 0.306. The second-order valence-electron chi connectivity index (χ2n) is 11.7. The van der Waals surface area contributed by atoms with Gasteiger partial charge in [0.1, 0.15) is 23.4 Å². The van der Waals surface area contributed by atoms with Crippen LogP contribution in [0.5, 0.6) is 17.2 Å². The Morgan fingerprint density at radius 3 is 2.49 bits per heavy atom. The van der Waals surface area contributed by atoms with E-state index in [0.717, 1.165) is 17.1 Å². The van der Waals surface area contributed by atoms with Crippen molar-refractivity contribution in [1.29, 1.82) is 0 Å². The van der Waals surface area contributed by atoms with Crippen LogP contribution in [0.25, 0.3) is 0 Å². The van der Waals surface area contributed by atoms with E-state index in [9.17, 15) is 14.7 Å². The Balaban J connectivity index is 1.32. The second kappa shape index (κ2) is 14.8. The molecule has 234 valence electrons. The molecule has 5 rings (SSSR count). The van der Waals surface area contributed by atoms with Crippen LogP contribution < -0.4 is 14.8 Å². The highest BCUT2D eigenvalue weighted by atomic mass is 16.5. The summed E-state index contributed by atoms with van der Waals surface area (Å²) in [5.74, 6) is 1.78. The maximum absolute atomic E-state index is 13.5. The van der Waals surface area contributed by atoms with Gasteiger partial charge in [0.25, 0.3) is 5.91 Å². The van der Waals surface area contributed by atoms with Crippen LogP contribution in [0.15, 0.2) is 97.3 Å². The molecule has 0 aliphatic carbocycles. The van der Waals surface area contributed by atoms with Gasteiger partial charge in [-0.05, 0) is 74.1 Å². The van der Waals surface area contributed by atoms with E-state index in [2.05, 4.69) is 41.3 Å². The van der Waals surface area contributed by atoms with E-state index in [1.807, 2.05) is 55.5 Å². The van der Waals surface area contributed by atoms with Gasteiger partial charge in [-0.1, -0.05) is 37.3 Å². The number of carbonyl (C=O) groups is 2. The van der Waals surface area contributed by atoms with Crippen molar-refractivity contribution in [2.24, 2.45) is 5.92 Å². The molecule has 3 aromatic carbocycles. The van der Waals surface area contributed by atoms with E-state index in [1.165, 1.54) is 0 Å². The fourth-order valence-electron chi connectivity index (χ4n) is 5.40. The van der Waals surface area contributed by atoms with Gasteiger partial charge in [-0.15, -0.1) is 0 Å². The van der Waals surface area contributed by atoms with E-state index < -0.39 is 0 Å². The zero-order valence-electron chi connectivity index (χ0n) is 25.9. The lowest BCUT2D eigenvalue weighted by Gasteiger charge is -2.34. The molecule has 9 heteroatoms. The maximum Gasteiger partial charge on any atom is 0.255 e. The van der Waals surface area contributed by atoms with Crippen LogP contribution in [0.4, 0.5) is 5.69 Å². The quantitative estimate of drug-likeness (QED) is 0.248. The molecule has 2 heterocycles. The van der Waals surface area contributed by atoms with Crippen molar-refractivity contribution in [3.63, 3.8) is 0 Å². The first-order valence-electron chi connectivity index (χ1n) is 15.2. The van der Waals surface area contributed by atoms with E-state index in [0.29, 0.717) is 42.2 Å². The van der Waals surface area contributed by atoms with Crippen LogP contribution in [-0.2, 0) is 17.8 Å². The topological polar surface area (TPSA) is 104 Å². The molecule has 0 spiro atoms. The third-order valence-electron chi connectivity index (χ3n) is 7.96. The van der Waals surface area contributed by atoms with Gasteiger partial charge in [0.05, 0.1) is 19.1 Å². The summed E-state index contributed by atoms with van der Waals surface area (Å²) in [7, 11) is 2.05. The van der Waals surface area contributed by atoms with Crippen molar-refractivity contribution >= 4 is 17.5 Å². The number of nitrogens with zero attached hydrogens (tertiary/aromatic N) is 3. The van der Waals surface area contributed by atoms with Crippen molar-refractivity contribution in [1.82, 2.24) is 14.8 Å². The summed E-state index contributed by atoms with van der Waals surface area (Å²) in [6.07, 6.45) is 2.98. The third kappa shape index (κ3) is 8.47. The summed E-state index contributed by atoms with van der Waals surface area (Å²) in [4.78, 5) is 34.2.